The molecule has 0 saturated heterocycles. The Hall–Kier alpha value is -3.55. The summed E-state index contributed by atoms with van der Waals surface area (Å²) in [5.74, 6) is -0.152. The maximum atomic E-state index is 12.2. The summed E-state index contributed by atoms with van der Waals surface area (Å²) in [6, 6.07) is 12.4. The van der Waals surface area contributed by atoms with Crippen molar-refractivity contribution in [3.8, 4) is 11.7 Å². The monoisotopic (exact) mass is 353 g/mol. The number of para-hydroxylation sites is 1. The lowest BCUT2D eigenvalue weighted by atomic mass is 10.2. The Morgan fingerprint density at radius 2 is 2.08 bits per heavy atom. The third-order valence-electron chi connectivity index (χ3n) is 3.88. The van der Waals surface area contributed by atoms with Gasteiger partial charge in [-0.25, -0.2) is 4.79 Å². The molecular weight excluding hydrogens is 338 g/mol. The van der Waals surface area contributed by atoms with Crippen LogP contribution in [-0.2, 0) is 11.3 Å². The van der Waals surface area contributed by atoms with E-state index >= 15 is 0 Å². The third kappa shape index (κ3) is 3.04. The normalized spacial score (nSPS) is 12.3. The lowest BCUT2D eigenvalue weighted by Crippen LogP contribution is -2.33. The summed E-state index contributed by atoms with van der Waals surface area (Å²) >= 11 is 0. The number of carbonyl (C=O) groups is 1. The summed E-state index contributed by atoms with van der Waals surface area (Å²) in [7, 11) is 0. The number of hydrogen-bond acceptors (Lipinski definition) is 6. The average Bonchev–Trinajstić information content (AvgIpc) is 3.34. The van der Waals surface area contributed by atoms with Crippen molar-refractivity contribution in [2.75, 3.05) is 0 Å². The van der Waals surface area contributed by atoms with E-state index < -0.39 is 5.76 Å². The summed E-state index contributed by atoms with van der Waals surface area (Å²) in [4.78, 5) is 24.1. The van der Waals surface area contributed by atoms with Gasteiger partial charge in [-0.1, -0.05) is 18.2 Å². The van der Waals surface area contributed by atoms with Crippen LogP contribution in [0.25, 0.3) is 22.6 Å². The van der Waals surface area contributed by atoms with Crippen LogP contribution in [0.5, 0.6) is 0 Å². The van der Waals surface area contributed by atoms with E-state index in [1.165, 1.54) is 6.26 Å². The fraction of sp³-hybridized carbons (Fsp3) is 0.167. The molecule has 0 aliphatic heterocycles. The van der Waals surface area contributed by atoms with Crippen LogP contribution in [0.4, 0.5) is 0 Å². The molecule has 0 aliphatic rings. The van der Waals surface area contributed by atoms with Gasteiger partial charge in [0, 0.05) is 5.39 Å². The van der Waals surface area contributed by atoms with Crippen molar-refractivity contribution in [2.45, 2.75) is 19.5 Å². The van der Waals surface area contributed by atoms with Gasteiger partial charge in [0.1, 0.15) is 17.9 Å². The Kier molecular flexibility index (Phi) is 3.92. The maximum Gasteiger partial charge on any atom is 0.437 e. The highest BCUT2D eigenvalue weighted by Gasteiger charge is 2.18. The van der Waals surface area contributed by atoms with Gasteiger partial charge in [-0.05, 0) is 31.2 Å². The first-order valence-electron chi connectivity index (χ1n) is 8.00. The molecular formula is C18H15N3O5. The molecule has 0 unspecified atom stereocenters. The number of benzene rings is 1. The number of hydrogen-bond donors (Lipinski definition) is 1. The first-order chi connectivity index (χ1) is 12.6. The highest BCUT2D eigenvalue weighted by molar-refractivity contribution is 5.79. The van der Waals surface area contributed by atoms with Crippen LogP contribution in [0.2, 0.25) is 0 Å². The van der Waals surface area contributed by atoms with E-state index in [0.29, 0.717) is 11.5 Å². The zero-order chi connectivity index (χ0) is 18.1. The van der Waals surface area contributed by atoms with E-state index in [2.05, 4.69) is 10.4 Å². The van der Waals surface area contributed by atoms with Gasteiger partial charge in [0.15, 0.2) is 5.76 Å². The predicted octanol–water partition coefficient (Wildman–Crippen LogP) is 2.72. The van der Waals surface area contributed by atoms with Crippen molar-refractivity contribution >= 4 is 16.9 Å². The summed E-state index contributed by atoms with van der Waals surface area (Å²) < 4.78 is 16.8. The molecule has 1 amide bonds. The van der Waals surface area contributed by atoms with E-state index in [4.69, 9.17) is 13.3 Å². The minimum absolute atomic E-state index is 0.0260. The minimum atomic E-state index is -0.733. The number of aromatic nitrogens is 2. The van der Waals surface area contributed by atoms with Crippen LogP contribution >= 0.6 is 0 Å². The van der Waals surface area contributed by atoms with Gasteiger partial charge in [-0.3, -0.25) is 4.79 Å². The summed E-state index contributed by atoms with van der Waals surface area (Å²) in [6.45, 7) is 1.53. The Morgan fingerprint density at radius 1 is 1.23 bits per heavy atom. The quantitative estimate of drug-likeness (QED) is 0.592. The highest BCUT2D eigenvalue weighted by atomic mass is 16.4. The number of nitrogens with one attached hydrogen (secondary N) is 1. The van der Waals surface area contributed by atoms with Gasteiger partial charge in [-0.15, -0.1) is 5.10 Å². The number of fused-ring (bicyclic) bond motifs is 1. The smallest absolute Gasteiger partial charge is 0.437 e. The zero-order valence-electron chi connectivity index (χ0n) is 13.8. The van der Waals surface area contributed by atoms with Crippen LogP contribution in [0.3, 0.4) is 0 Å². The van der Waals surface area contributed by atoms with Crippen molar-refractivity contribution in [2.24, 2.45) is 0 Å². The molecule has 4 aromatic rings. The van der Waals surface area contributed by atoms with Crippen molar-refractivity contribution in [1.29, 1.82) is 0 Å². The molecule has 0 radical (unpaired) electrons. The lowest BCUT2D eigenvalue weighted by Gasteiger charge is -2.10. The topological polar surface area (TPSA) is 103 Å². The summed E-state index contributed by atoms with van der Waals surface area (Å²) in [6.07, 6.45) is 1.44. The zero-order valence-corrected chi connectivity index (χ0v) is 13.8. The molecule has 1 atom stereocenters. The second-order valence-electron chi connectivity index (χ2n) is 5.78. The van der Waals surface area contributed by atoms with Gasteiger partial charge < -0.3 is 18.6 Å². The molecule has 3 heterocycles. The van der Waals surface area contributed by atoms with E-state index in [-0.39, 0.29) is 24.4 Å². The van der Waals surface area contributed by atoms with E-state index in [9.17, 15) is 9.59 Å². The molecule has 0 bridgehead atoms. The Labute approximate surface area is 147 Å². The number of nitrogens with zero attached hydrogens (tertiary/aromatic N) is 2. The van der Waals surface area contributed by atoms with Gasteiger partial charge in [0.2, 0.25) is 5.91 Å². The molecule has 26 heavy (non-hydrogen) atoms. The van der Waals surface area contributed by atoms with Crippen molar-refractivity contribution in [3.05, 3.63) is 65.0 Å². The molecule has 1 N–H and O–H groups in total. The molecule has 8 nitrogen and oxygen atoms in total. The SMILES string of the molecule is C[C@@H](NC(=O)Cn1nc(-c2ccco2)oc1=O)c1cc2ccccc2o1. The molecule has 3 aromatic heterocycles. The lowest BCUT2D eigenvalue weighted by molar-refractivity contribution is -0.122. The van der Waals surface area contributed by atoms with Crippen LogP contribution < -0.4 is 11.1 Å². The van der Waals surface area contributed by atoms with E-state index in [1.807, 2.05) is 30.3 Å². The molecule has 0 saturated carbocycles. The summed E-state index contributed by atoms with van der Waals surface area (Å²) in [5.41, 5.74) is 0.749. The molecule has 0 spiro atoms. The van der Waals surface area contributed by atoms with Crippen LogP contribution in [0.15, 0.2) is 66.8 Å². The predicted molar refractivity (Wildman–Crippen MR) is 91.2 cm³/mol. The fourth-order valence-electron chi connectivity index (χ4n) is 2.62. The second kappa shape index (κ2) is 6.40. The second-order valence-corrected chi connectivity index (χ2v) is 5.78. The number of rotatable bonds is 5. The largest absolute Gasteiger partial charge is 0.459 e. The van der Waals surface area contributed by atoms with Gasteiger partial charge in [0.25, 0.3) is 5.89 Å². The highest BCUT2D eigenvalue weighted by Crippen LogP contribution is 2.23. The third-order valence-corrected chi connectivity index (χ3v) is 3.88. The van der Waals surface area contributed by atoms with Crippen LogP contribution in [-0.4, -0.2) is 15.7 Å². The Balaban J connectivity index is 1.46. The molecule has 4 rings (SSSR count). The fourth-order valence-corrected chi connectivity index (χ4v) is 2.62. The van der Waals surface area contributed by atoms with Gasteiger partial charge in [0.05, 0.1) is 12.3 Å². The first-order valence-corrected chi connectivity index (χ1v) is 8.00. The molecule has 8 heteroatoms. The van der Waals surface area contributed by atoms with Crippen molar-refractivity contribution < 1.29 is 18.0 Å². The van der Waals surface area contributed by atoms with Crippen LogP contribution in [0, 0.1) is 0 Å². The molecule has 0 aliphatic carbocycles. The Morgan fingerprint density at radius 3 is 2.85 bits per heavy atom. The minimum Gasteiger partial charge on any atom is -0.459 e. The molecule has 1 aromatic carbocycles. The standard InChI is InChI=1S/C18H15N3O5/c1-11(15-9-12-5-2-3-6-13(12)25-15)19-16(22)10-21-18(23)26-17(20-21)14-7-4-8-24-14/h2-9,11H,10H2,1H3,(H,19,22)/t11-/m1/s1. The van der Waals surface area contributed by atoms with Gasteiger partial charge >= 0.3 is 5.76 Å². The van der Waals surface area contributed by atoms with E-state index in [0.717, 1.165) is 15.7 Å². The summed E-state index contributed by atoms with van der Waals surface area (Å²) in [5, 5.41) is 7.70. The molecule has 0 fully saturated rings. The van der Waals surface area contributed by atoms with Crippen LogP contribution in [0.1, 0.15) is 18.7 Å². The Bertz CT molecular complexity index is 1070. The van der Waals surface area contributed by atoms with Crippen molar-refractivity contribution in [3.63, 3.8) is 0 Å². The number of furan rings is 2. The molecule has 132 valence electrons. The van der Waals surface area contributed by atoms with Gasteiger partial charge in [-0.2, -0.15) is 4.68 Å². The number of carbonyl (C=O) groups excluding carboxylic acids is 1. The average molecular weight is 353 g/mol. The maximum absolute atomic E-state index is 12.2. The van der Waals surface area contributed by atoms with E-state index in [1.54, 1.807) is 19.1 Å². The first kappa shape index (κ1) is 15.9. The van der Waals surface area contributed by atoms with Crippen molar-refractivity contribution in [1.82, 2.24) is 15.1 Å². The number of amides is 1.